The Morgan fingerprint density at radius 1 is 1.32 bits per heavy atom. The average Bonchev–Trinajstić information content (AvgIpc) is 2.89. The zero-order valence-corrected chi connectivity index (χ0v) is 13.6. The molecule has 0 amide bonds. The zero-order chi connectivity index (χ0) is 16.4. The quantitative estimate of drug-likeness (QED) is 0.840. The van der Waals surface area contributed by atoms with Gasteiger partial charge in [-0.1, -0.05) is 44.4 Å². The van der Waals surface area contributed by atoms with E-state index in [1.54, 1.807) is 0 Å². The van der Waals surface area contributed by atoms with Crippen molar-refractivity contribution in [3.8, 4) is 5.75 Å². The first kappa shape index (κ1) is 18.5. The number of hydrogen-bond acceptors (Lipinski definition) is 3. The van der Waals surface area contributed by atoms with Crippen LogP contribution in [0.1, 0.15) is 46.0 Å². The van der Waals surface area contributed by atoms with E-state index in [0.29, 0.717) is 6.61 Å². The highest BCUT2D eigenvalue weighted by Gasteiger charge is 2.23. The van der Waals surface area contributed by atoms with E-state index in [4.69, 9.17) is 14.6 Å². The molecule has 0 bridgehead atoms. The largest absolute Gasteiger partial charge is 0.491 e. The summed E-state index contributed by atoms with van der Waals surface area (Å²) in [6.07, 6.45) is 5.73. The molecule has 1 aliphatic carbocycles. The van der Waals surface area contributed by atoms with Crippen LogP contribution in [0.3, 0.4) is 0 Å². The Bertz CT molecular complexity index is 414. The van der Waals surface area contributed by atoms with Crippen LogP contribution in [0.25, 0.3) is 0 Å². The van der Waals surface area contributed by atoms with Gasteiger partial charge in [0.05, 0.1) is 6.10 Å². The van der Waals surface area contributed by atoms with Gasteiger partial charge in [-0.25, -0.2) is 0 Å². The highest BCUT2D eigenvalue weighted by Crippen LogP contribution is 2.34. The smallest absolute Gasteiger partial charge is 0.300 e. The first-order chi connectivity index (χ1) is 10.5. The average molecular weight is 308 g/mol. The molecule has 2 unspecified atom stereocenters. The Hall–Kier alpha value is -1.55. The van der Waals surface area contributed by atoms with E-state index in [9.17, 15) is 5.11 Å². The molecule has 3 atom stereocenters. The Morgan fingerprint density at radius 2 is 1.95 bits per heavy atom. The molecule has 0 aromatic heterocycles. The molecule has 1 aromatic carbocycles. The predicted molar refractivity (Wildman–Crippen MR) is 87.0 cm³/mol. The van der Waals surface area contributed by atoms with E-state index >= 15 is 0 Å². The van der Waals surface area contributed by atoms with Crippen LogP contribution in [0.2, 0.25) is 0 Å². The molecule has 22 heavy (non-hydrogen) atoms. The number of benzene rings is 1. The Morgan fingerprint density at radius 3 is 2.50 bits per heavy atom. The molecule has 4 nitrogen and oxygen atoms in total. The summed E-state index contributed by atoms with van der Waals surface area (Å²) in [5.41, 5.74) is 0. The molecular formula is C18H28O4. The molecule has 2 rings (SSSR count). The van der Waals surface area contributed by atoms with Crippen molar-refractivity contribution in [1.82, 2.24) is 0 Å². The second kappa shape index (κ2) is 10.2. The first-order valence-electron chi connectivity index (χ1n) is 8.04. The molecule has 0 saturated heterocycles. The SMILES string of the molecule is CC(=O)O.C[C@H]1CCCC1CCC(O)COc1ccccc1. The minimum absolute atomic E-state index is 0.335. The lowest BCUT2D eigenvalue weighted by molar-refractivity contribution is -0.134. The second-order valence-electron chi connectivity index (χ2n) is 6.04. The van der Waals surface area contributed by atoms with Gasteiger partial charge in [0.25, 0.3) is 5.97 Å². The molecule has 1 aliphatic rings. The maximum absolute atomic E-state index is 9.93. The van der Waals surface area contributed by atoms with Gasteiger partial charge in [-0.2, -0.15) is 0 Å². The summed E-state index contributed by atoms with van der Waals surface area (Å²) in [4.78, 5) is 9.00. The third-order valence-electron chi connectivity index (χ3n) is 4.10. The van der Waals surface area contributed by atoms with Crippen LogP contribution in [0.5, 0.6) is 5.75 Å². The molecular weight excluding hydrogens is 280 g/mol. The number of carbonyl (C=O) groups is 1. The van der Waals surface area contributed by atoms with Gasteiger partial charge in [-0.15, -0.1) is 0 Å². The minimum atomic E-state index is -0.833. The van der Waals surface area contributed by atoms with Crippen molar-refractivity contribution in [1.29, 1.82) is 0 Å². The lowest BCUT2D eigenvalue weighted by atomic mass is 9.92. The van der Waals surface area contributed by atoms with Crippen LogP contribution in [-0.2, 0) is 4.79 Å². The van der Waals surface area contributed by atoms with Crippen molar-refractivity contribution in [3.05, 3.63) is 30.3 Å². The van der Waals surface area contributed by atoms with Crippen molar-refractivity contribution in [2.24, 2.45) is 11.8 Å². The summed E-state index contributed by atoms with van der Waals surface area (Å²) >= 11 is 0. The van der Waals surface area contributed by atoms with Gasteiger partial charge in [0.2, 0.25) is 0 Å². The molecule has 1 aromatic rings. The van der Waals surface area contributed by atoms with Gasteiger partial charge in [-0.3, -0.25) is 4.79 Å². The number of carboxylic acid groups (broad SMARTS) is 1. The summed E-state index contributed by atoms with van der Waals surface area (Å²) in [6.45, 7) is 3.83. The van der Waals surface area contributed by atoms with Gasteiger partial charge in [0, 0.05) is 6.92 Å². The predicted octanol–water partition coefficient (Wildman–Crippen LogP) is 3.73. The number of aliphatic carboxylic acids is 1. The number of aliphatic hydroxyl groups is 1. The van der Waals surface area contributed by atoms with Crippen molar-refractivity contribution >= 4 is 5.97 Å². The lowest BCUT2D eigenvalue weighted by Crippen LogP contribution is -2.19. The third kappa shape index (κ3) is 8.03. The summed E-state index contributed by atoms with van der Waals surface area (Å²) in [6, 6.07) is 9.70. The number of hydrogen-bond donors (Lipinski definition) is 2. The van der Waals surface area contributed by atoms with E-state index in [2.05, 4.69) is 6.92 Å². The maximum Gasteiger partial charge on any atom is 0.300 e. The Labute approximate surface area is 133 Å². The van der Waals surface area contributed by atoms with E-state index in [1.807, 2.05) is 30.3 Å². The maximum atomic E-state index is 9.93. The highest BCUT2D eigenvalue weighted by molar-refractivity contribution is 5.62. The third-order valence-corrected chi connectivity index (χ3v) is 4.10. The molecule has 4 heteroatoms. The van der Waals surface area contributed by atoms with Crippen LogP contribution in [0.4, 0.5) is 0 Å². The van der Waals surface area contributed by atoms with Crippen LogP contribution in [0, 0.1) is 11.8 Å². The number of para-hydroxylation sites is 1. The number of aliphatic hydroxyl groups excluding tert-OH is 1. The van der Waals surface area contributed by atoms with E-state index in [1.165, 1.54) is 19.3 Å². The molecule has 0 radical (unpaired) electrons. The molecule has 0 heterocycles. The van der Waals surface area contributed by atoms with Gasteiger partial charge in [0.1, 0.15) is 12.4 Å². The summed E-state index contributed by atoms with van der Waals surface area (Å²) < 4.78 is 5.56. The number of ether oxygens (including phenoxy) is 1. The molecule has 1 fully saturated rings. The first-order valence-corrected chi connectivity index (χ1v) is 8.04. The van der Waals surface area contributed by atoms with Crippen molar-refractivity contribution in [2.75, 3.05) is 6.61 Å². The Kier molecular flexibility index (Phi) is 8.60. The van der Waals surface area contributed by atoms with Gasteiger partial charge in [-0.05, 0) is 36.8 Å². The van der Waals surface area contributed by atoms with Crippen molar-refractivity contribution in [2.45, 2.75) is 52.1 Å². The fourth-order valence-corrected chi connectivity index (χ4v) is 2.85. The molecule has 1 saturated carbocycles. The number of carboxylic acids is 1. The highest BCUT2D eigenvalue weighted by atomic mass is 16.5. The molecule has 2 N–H and O–H groups in total. The van der Waals surface area contributed by atoms with Crippen LogP contribution >= 0.6 is 0 Å². The van der Waals surface area contributed by atoms with E-state index in [0.717, 1.165) is 37.4 Å². The molecule has 0 aliphatic heterocycles. The monoisotopic (exact) mass is 308 g/mol. The van der Waals surface area contributed by atoms with E-state index < -0.39 is 5.97 Å². The van der Waals surface area contributed by atoms with Crippen molar-refractivity contribution < 1.29 is 19.7 Å². The standard InChI is InChI=1S/C16H24O2.C2H4O2/c1-13-6-5-7-14(13)10-11-15(17)12-18-16-8-3-2-4-9-16;1-2(3)4/h2-4,8-9,13-15,17H,5-7,10-12H2,1H3;1H3,(H,3,4)/t13-,14?,15?;/m0./s1. The Balaban J connectivity index is 0.000000541. The minimum Gasteiger partial charge on any atom is -0.491 e. The second-order valence-corrected chi connectivity index (χ2v) is 6.04. The van der Waals surface area contributed by atoms with E-state index in [-0.39, 0.29) is 6.10 Å². The fraction of sp³-hybridized carbons (Fsp3) is 0.611. The van der Waals surface area contributed by atoms with Crippen LogP contribution in [-0.4, -0.2) is 28.9 Å². The summed E-state index contributed by atoms with van der Waals surface area (Å²) in [5.74, 6) is 1.66. The van der Waals surface area contributed by atoms with Crippen molar-refractivity contribution in [3.63, 3.8) is 0 Å². The van der Waals surface area contributed by atoms with Crippen LogP contribution < -0.4 is 4.74 Å². The van der Waals surface area contributed by atoms with Crippen LogP contribution in [0.15, 0.2) is 30.3 Å². The number of rotatable bonds is 6. The summed E-state index contributed by atoms with van der Waals surface area (Å²) in [7, 11) is 0. The zero-order valence-electron chi connectivity index (χ0n) is 13.6. The topological polar surface area (TPSA) is 66.8 Å². The fourth-order valence-electron chi connectivity index (χ4n) is 2.85. The summed E-state index contributed by atoms with van der Waals surface area (Å²) in [5, 5.41) is 17.3. The van der Waals surface area contributed by atoms with Gasteiger partial charge in [0.15, 0.2) is 0 Å². The lowest BCUT2D eigenvalue weighted by Gasteiger charge is -2.18. The van der Waals surface area contributed by atoms with Gasteiger partial charge < -0.3 is 14.9 Å². The molecule has 124 valence electrons. The van der Waals surface area contributed by atoms with Gasteiger partial charge >= 0.3 is 0 Å². The normalized spacial score (nSPS) is 21.6. The molecule has 0 spiro atoms.